The van der Waals surface area contributed by atoms with Crippen molar-refractivity contribution in [2.24, 2.45) is 5.92 Å². The number of fused-ring (bicyclic) bond motifs is 1. The first-order valence-electron chi connectivity index (χ1n) is 12.7. The normalized spacial score (nSPS) is 24.6. The number of hydrogen-bond acceptors (Lipinski definition) is 6. The minimum absolute atomic E-state index is 0.0260. The molecule has 0 bridgehead atoms. The molecule has 6 nitrogen and oxygen atoms in total. The molecule has 0 aliphatic heterocycles. The van der Waals surface area contributed by atoms with Crippen LogP contribution in [0.2, 0.25) is 18.1 Å². The number of anilines is 1. The minimum atomic E-state index is -1.82. The second-order valence-electron chi connectivity index (χ2n) is 11.5. The third-order valence-corrected chi connectivity index (χ3v) is 15.1. The molecule has 0 spiro atoms. The van der Waals surface area contributed by atoms with Crippen LogP contribution in [0, 0.1) is 5.92 Å². The van der Waals surface area contributed by atoms with Gasteiger partial charge in [-0.25, -0.2) is 0 Å². The first-order chi connectivity index (χ1) is 16.5. The third-order valence-electron chi connectivity index (χ3n) is 7.78. The molecule has 1 unspecified atom stereocenters. The molecule has 1 aromatic heterocycles. The van der Waals surface area contributed by atoms with Crippen LogP contribution < -0.4 is 9.80 Å². The summed E-state index contributed by atoms with van der Waals surface area (Å²) < 4.78 is 14.0. The molecule has 0 saturated heterocycles. The van der Waals surface area contributed by atoms with E-state index in [4.69, 9.17) is 9.16 Å². The number of nitrogens with zero attached hydrogens (tertiary/aromatic N) is 2. The molecule has 2 aliphatic rings. The van der Waals surface area contributed by atoms with Gasteiger partial charge in [0.15, 0.2) is 0 Å². The Bertz CT molecular complexity index is 1040. The fourth-order valence-electron chi connectivity index (χ4n) is 4.79. The van der Waals surface area contributed by atoms with Crippen molar-refractivity contribution in [1.29, 1.82) is 0 Å². The van der Waals surface area contributed by atoms with Crippen LogP contribution in [0.25, 0.3) is 0 Å². The number of benzene rings is 1. The van der Waals surface area contributed by atoms with E-state index in [9.17, 15) is 4.79 Å². The van der Waals surface area contributed by atoms with Crippen molar-refractivity contribution in [1.82, 2.24) is 9.97 Å². The Hall–Kier alpha value is -1.69. The zero-order valence-electron chi connectivity index (χ0n) is 21.9. The van der Waals surface area contributed by atoms with Crippen molar-refractivity contribution in [3.63, 3.8) is 0 Å². The molecule has 8 heteroatoms. The zero-order valence-corrected chi connectivity index (χ0v) is 24.8. The molecule has 2 aromatic rings. The Morgan fingerprint density at radius 2 is 1.97 bits per heavy atom. The molecule has 1 N–H and O–H groups in total. The van der Waals surface area contributed by atoms with Crippen LogP contribution in [-0.2, 0) is 20.4 Å². The van der Waals surface area contributed by atoms with E-state index >= 15 is 0 Å². The third kappa shape index (κ3) is 6.55. The molecular weight excluding hydrogens is 517 g/mol. The van der Waals surface area contributed by atoms with E-state index in [2.05, 4.69) is 79.5 Å². The van der Waals surface area contributed by atoms with Gasteiger partial charge in [0.1, 0.15) is 0 Å². The SMILES string of the molecule is CC(=O)O[C@@H]1C[C@H](CO[Si](C)(C)C(C)(C)C)C[C@H]1Nc1cc([As]C2CCc3ccccc32)ncn1. The van der Waals surface area contributed by atoms with Crippen LogP contribution in [-0.4, -0.2) is 58.8 Å². The van der Waals surface area contributed by atoms with Gasteiger partial charge in [0.2, 0.25) is 0 Å². The van der Waals surface area contributed by atoms with Crippen molar-refractivity contribution in [3.05, 3.63) is 47.8 Å². The van der Waals surface area contributed by atoms with Crippen molar-refractivity contribution < 1.29 is 14.0 Å². The zero-order chi connectivity index (χ0) is 25.2. The summed E-state index contributed by atoms with van der Waals surface area (Å²) in [7, 11) is -1.82. The van der Waals surface area contributed by atoms with E-state index in [1.807, 2.05) is 0 Å². The molecule has 4 atom stereocenters. The van der Waals surface area contributed by atoms with Crippen LogP contribution in [0.1, 0.15) is 62.8 Å². The summed E-state index contributed by atoms with van der Waals surface area (Å²) in [4.78, 5) is 20.9. The van der Waals surface area contributed by atoms with E-state index < -0.39 is 8.32 Å². The van der Waals surface area contributed by atoms with Crippen LogP contribution >= 0.6 is 0 Å². The number of carbonyl (C=O) groups is 1. The van der Waals surface area contributed by atoms with Gasteiger partial charge in [-0.2, -0.15) is 0 Å². The fraction of sp³-hybridized carbons (Fsp3) is 0.593. The number of nitrogens with one attached hydrogen (secondary N) is 1. The van der Waals surface area contributed by atoms with Gasteiger partial charge < -0.3 is 0 Å². The van der Waals surface area contributed by atoms with Gasteiger partial charge in [-0.15, -0.1) is 0 Å². The molecule has 1 fully saturated rings. The number of carbonyl (C=O) groups excluding carboxylic acids is 1. The molecule has 1 radical (unpaired) electrons. The average molecular weight is 557 g/mol. The van der Waals surface area contributed by atoms with Crippen molar-refractivity contribution >= 4 is 40.3 Å². The van der Waals surface area contributed by atoms with Gasteiger partial charge in [-0.1, -0.05) is 0 Å². The Kier molecular flexibility index (Phi) is 8.09. The van der Waals surface area contributed by atoms with Crippen molar-refractivity contribution in [2.75, 3.05) is 11.9 Å². The number of ether oxygens (including phenoxy) is 1. The van der Waals surface area contributed by atoms with E-state index in [1.54, 1.807) is 6.33 Å². The number of hydrogen-bond donors (Lipinski definition) is 1. The number of esters is 1. The van der Waals surface area contributed by atoms with Crippen LogP contribution in [0.15, 0.2) is 36.7 Å². The second-order valence-corrected chi connectivity index (χ2v) is 19.1. The quantitative estimate of drug-likeness (QED) is 0.378. The van der Waals surface area contributed by atoms with Gasteiger partial charge in [0, 0.05) is 0 Å². The second kappa shape index (κ2) is 10.7. The molecule has 0 amide bonds. The van der Waals surface area contributed by atoms with Crippen molar-refractivity contribution in [2.45, 2.75) is 88.4 Å². The molecule has 1 saturated carbocycles. The van der Waals surface area contributed by atoms with Gasteiger partial charge in [-0.05, 0) is 0 Å². The summed E-state index contributed by atoms with van der Waals surface area (Å²) in [5, 5.41) is 3.76. The van der Waals surface area contributed by atoms with Gasteiger partial charge in [-0.3, -0.25) is 0 Å². The van der Waals surface area contributed by atoms with Gasteiger partial charge in [0.25, 0.3) is 0 Å². The summed E-state index contributed by atoms with van der Waals surface area (Å²) in [5.41, 5.74) is 2.98. The first kappa shape index (κ1) is 26.4. The van der Waals surface area contributed by atoms with E-state index in [0.29, 0.717) is 17.2 Å². The van der Waals surface area contributed by atoms with Crippen molar-refractivity contribution in [3.8, 4) is 0 Å². The van der Waals surface area contributed by atoms with Crippen LogP contribution in [0.5, 0.6) is 0 Å². The predicted octanol–water partition coefficient (Wildman–Crippen LogP) is 4.64. The molecular formula is C27H39AsN3O3Si. The maximum atomic E-state index is 11.8. The van der Waals surface area contributed by atoms with Crippen LogP contribution in [0.4, 0.5) is 5.82 Å². The summed E-state index contributed by atoms with van der Waals surface area (Å²) in [6, 6.07) is 10.9. The maximum absolute atomic E-state index is 11.8. The van der Waals surface area contributed by atoms with E-state index in [0.717, 1.165) is 29.6 Å². The molecule has 35 heavy (non-hydrogen) atoms. The topological polar surface area (TPSA) is 73.3 Å². The predicted molar refractivity (Wildman–Crippen MR) is 144 cm³/mol. The Morgan fingerprint density at radius 3 is 2.71 bits per heavy atom. The molecule has 189 valence electrons. The van der Waals surface area contributed by atoms with Gasteiger partial charge in [0.05, 0.1) is 0 Å². The fourth-order valence-corrected chi connectivity index (χ4v) is 8.57. The number of aryl methyl sites for hydroxylation is 1. The van der Waals surface area contributed by atoms with E-state index in [1.165, 1.54) is 24.5 Å². The molecule has 1 aromatic carbocycles. The Labute approximate surface area is 217 Å². The Balaban J connectivity index is 1.41. The summed E-state index contributed by atoms with van der Waals surface area (Å²) in [6.45, 7) is 13.6. The summed E-state index contributed by atoms with van der Waals surface area (Å²) >= 11 is -0.0862. The molecule has 4 rings (SSSR count). The number of rotatable bonds is 8. The van der Waals surface area contributed by atoms with Crippen LogP contribution in [0.3, 0.4) is 0 Å². The monoisotopic (exact) mass is 556 g/mol. The standard InChI is InChI=1S/C27H39AsN3O3Si/c1-18(32)34-24-14-19(16-33-35(5,6)27(2,3)4)13-23(24)31-26-15-25(29-17-30-26)28-22-12-11-20-9-7-8-10-21(20)22/h7-10,15,17,19,22-24H,11-14,16H2,1-6H3,(H,29,30,31)/t19-,22?,23-,24-/m1/s1. The Morgan fingerprint density at radius 1 is 1.20 bits per heavy atom. The van der Waals surface area contributed by atoms with E-state index in [-0.39, 0.29) is 38.9 Å². The average Bonchev–Trinajstić information content (AvgIpc) is 3.35. The molecule has 2 aliphatic carbocycles. The first-order valence-corrected chi connectivity index (χ1v) is 17.6. The summed E-state index contributed by atoms with van der Waals surface area (Å²) in [6.07, 6.45) is 5.58. The number of aromatic nitrogens is 2. The van der Waals surface area contributed by atoms with Gasteiger partial charge >= 0.3 is 218 Å². The molecule has 1 heterocycles. The summed E-state index contributed by atoms with van der Waals surface area (Å²) in [5.74, 6) is 0.944.